The molecule has 0 fully saturated rings. The van der Waals surface area contributed by atoms with Crippen LogP contribution in [0, 0.1) is 0 Å². The van der Waals surface area contributed by atoms with E-state index < -0.39 is 5.97 Å². The van der Waals surface area contributed by atoms with Crippen molar-refractivity contribution in [1.82, 2.24) is 4.90 Å². The lowest BCUT2D eigenvalue weighted by Gasteiger charge is -2.21. The molecule has 0 bridgehead atoms. The van der Waals surface area contributed by atoms with Gasteiger partial charge >= 0.3 is 5.97 Å². The van der Waals surface area contributed by atoms with Crippen molar-refractivity contribution in [2.75, 3.05) is 20.2 Å². The van der Waals surface area contributed by atoms with Crippen molar-refractivity contribution >= 4 is 17.7 Å². The van der Waals surface area contributed by atoms with Crippen LogP contribution in [0.1, 0.15) is 52.4 Å². The van der Waals surface area contributed by atoms with Crippen LogP contribution in [-0.2, 0) is 19.1 Å². The maximum Gasteiger partial charge on any atom is 0.305 e. The van der Waals surface area contributed by atoms with E-state index in [-0.39, 0.29) is 37.4 Å². The number of Topliss-reactive ketones (excluding diaryl/α,β-unsaturated/α-hetero) is 1. The Balaban J connectivity index is 3.98. The highest BCUT2D eigenvalue weighted by atomic mass is 16.5. The van der Waals surface area contributed by atoms with Crippen LogP contribution in [0.5, 0.6) is 0 Å². The summed E-state index contributed by atoms with van der Waals surface area (Å²) in [4.78, 5) is 36.1. The highest BCUT2D eigenvalue weighted by Crippen LogP contribution is 2.05. The molecule has 0 N–H and O–H groups in total. The molecule has 0 radical (unpaired) electrons. The van der Waals surface area contributed by atoms with E-state index in [1.165, 1.54) is 7.11 Å². The van der Waals surface area contributed by atoms with E-state index in [0.29, 0.717) is 0 Å². The summed E-state index contributed by atoms with van der Waals surface area (Å²) in [5, 5.41) is 0. The number of hydrogen-bond donors (Lipinski definition) is 0. The average molecular weight is 271 g/mol. The molecule has 0 saturated carbocycles. The first-order valence-electron chi connectivity index (χ1n) is 6.91. The monoisotopic (exact) mass is 271 g/mol. The average Bonchev–Trinajstić information content (AvgIpc) is 2.41. The van der Waals surface area contributed by atoms with Gasteiger partial charge in [-0.15, -0.1) is 0 Å². The first-order valence-corrected chi connectivity index (χ1v) is 6.91. The number of rotatable bonds is 10. The van der Waals surface area contributed by atoms with Crippen LogP contribution >= 0.6 is 0 Å². The van der Waals surface area contributed by atoms with Crippen molar-refractivity contribution < 1.29 is 19.1 Å². The molecular formula is C14H25NO4. The van der Waals surface area contributed by atoms with Crippen LogP contribution in [0.3, 0.4) is 0 Å². The minimum absolute atomic E-state index is 0.0233. The topological polar surface area (TPSA) is 63.7 Å². The Bertz CT molecular complexity index is 296. The Hall–Kier alpha value is -1.39. The highest BCUT2D eigenvalue weighted by Gasteiger charge is 2.14. The van der Waals surface area contributed by atoms with E-state index in [1.807, 2.05) is 13.8 Å². The molecule has 5 heteroatoms. The van der Waals surface area contributed by atoms with Crippen LogP contribution in [0.4, 0.5) is 0 Å². The van der Waals surface area contributed by atoms with Gasteiger partial charge in [0.25, 0.3) is 0 Å². The van der Waals surface area contributed by atoms with Crippen LogP contribution in [0.2, 0.25) is 0 Å². The number of carbonyl (C=O) groups is 3. The molecule has 0 aromatic rings. The van der Waals surface area contributed by atoms with Crippen molar-refractivity contribution in [3.63, 3.8) is 0 Å². The number of carbonyl (C=O) groups excluding carboxylic acids is 3. The fourth-order valence-corrected chi connectivity index (χ4v) is 1.77. The number of esters is 1. The molecule has 0 aromatic carbocycles. The summed E-state index contributed by atoms with van der Waals surface area (Å²) in [5.74, 6) is -0.430. The minimum atomic E-state index is -0.390. The summed E-state index contributed by atoms with van der Waals surface area (Å²) in [6.45, 7) is 5.53. The Morgan fingerprint density at radius 1 is 0.895 bits per heavy atom. The number of hydrogen-bond acceptors (Lipinski definition) is 4. The fourth-order valence-electron chi connectivity index (χ4n) is 1.77. The van der Waals surface area contributed by atoms with Crippen molar-refractivity contribution in [2.24, 2.45) is 0 Å². The molecule has 0 aromatic heterocycles. The molecule has 0 aliphatic rings. The molecule has 5 nitrogen and oxygen atoms in total. The lowest BCUT2D eigenvalue weighted by atomic mass is 10.1. The van der Waals surface area contributed by atoms with Gasteiger partial charge in [-0.25, -0.2) is 0 Å². The fraction of sp³-hybridized carbons (Fsp3) is 0.786. The van der Waals surface area contributed by atoms with Crippen LogP contribution in [-0.4, -0.2) is 42.8 Å². The zero-order valence-electron chi connectivity index (χ0n) is 12.2. The summed E-state index contributed by atoms with van der Waals surface area (Å²) >= 11 is 0. The molecule has 0 atom stereocenters. The molecule has 0 spiro atoms. The Kier molecular flexibility index (Phi) is 9.75. The van der Waals surface area contributed by atoms with Gasteiger partial charge in [0.05, 0.1) is 13.5 Å². The molecule has 0 aliphatic carbocycles. The van der Waals surface area contributed by atoms with Gasteiger partial charge in [-0.3, -0.25) is 14.4 Å². The highest BCUT2D eigenvalue weighted by molar-refractivity contribution is 5.87. The van der Waals surface area contributed by atoms with Crippen LogP contribution in [0.25, 0.3) is 0 Å². The van der Waals surface area contributed by atoms with Gasteiger partial charge in [-0.1, -0.05) is 13.8 Å². The number of methoxy groups -OCH3 is 1. The number of nitrogens with zero attached hydrogens (tertiary/aromatic N) is 1. The molecule has 0 heterocycles. The van der Waals surface area contributed by atoms with Crippen molar-refractivity contribution in [3.05, 3.63) is 0 Å². The van der Waals surface area contributed by atoms with Gasteiger partial charge in [0.2, 0.25) is 5.91 Å². The van der Waals surface area contributed by atoms with Gasteiger partial charge in [0, 0.05) is 32.4 Å². The maximum absolute atomic E-state index is 11.9. The normalized spacial score (nSPS) is 10.1. The van der Waals surface area contributed by atoms with Crippen LogP contribution < -0.4 is 0 Å². The number of amides is 1. The van der Waals surface area contributed by atoms with Crippen molar-refractivity contribution in [3.8, 4) is 0 Å². The summed E-state index contributed by atoms with van der Waals surface area (Å²) in [6.07, 6.45) is 2.53. The molecule has 110 valence electrons. The first-order chi connectivity index (χ1) is 9.04. The van der Waals surface area contributed by atoms with E-state index in [0.717, 1.165) is 25.9 Å². The summed E-state index contributed by atoms with van der Waals surface area (Å²) < 4.78 is 4.46. The quantitative estimate of drug-likeness (QED) is 0.570. The molecular weight excluding hydrogens is 246 g/mol. The van der Waals surface area contributed by atoms with Gasteiger partial charge in [0.1, 0.15) is 5.78 Å². The maximum atomic E-state index is 11.9. The second kappa shape index (κ2) is 10.5. The second-order valence-electron chi connectivity index (χ2n) is 4.50. The van der Waals surface area contributed by atoms with Crippen LogP contribution in [0.15, 0.2) is 0 Å². The van der Waals surface area contributed by atoms with Crippen molar-refractivity contribution in [1.29, 1.82) is 0 Å². The molecule has 19 heavy (non-hydrogen) atoms. The zero-order chi connectivity index (χ0) is 14.7. The Labute approximate surface area is 115 Å². The predicted octanol–water partition coefficient (Wildman–Crippen LogP) is 1.94. The summed E-state index contributed by atoms with van der Waals surface area (Å²) in [7, 11) is 1.30. The van der Waals surface area contributed by atoms with Gasteiger partial charge in [-0.2, -0.15) is 0 Å². The largest absolute Gasteiger partial charge is 0.469 e. The Morgan fingerprint density at radius 3 is 1.89 bits per heavy atom. The first kappa shape index (κ1) is 17.6. The van der Waals surface area contributed by atoms with E-state index in [4.69, 9.17) is 0 Å². The van der Waals surface area contributed by atoms with E-state index in [2.05, 4.69) is 4.74 Å². The molecule has 0 aliphatic heterocycles. The van der Waals surface area contributed by atoms with E-state index in [1.54, 1.807) is 4.90 Å². The van der Waals surface area contributed by atoms with Gasteiger partial charge in [0.15, 0.2) is 0 Å². The lowest BCUT2D eigenvalue weighted by Crippen LogP contribution is -2.32. The number of ketones is 1. The lowest BCUT2D eigenvalue weighted by molar-refractivity contribution is -0.142. The summed E-state index contributed by atoms with van der Waals surface area (Å²) in [5.41, 5.74) is 0. The third kappa shape index (κ3) is 8.35. The standard InChI is InChI=1S/C14H25NO4/c1-4-10-15(11-5-2)13(17)8-6-12(16)7-9-14(18)19-3/h4-11H2,1-3H3. The smallest absolute Gasteiger partial charge is 0.305 e. The van der Waals surface area contributed by atoms with E-state index in [9.17, 15) is 14.4 Å². The SMILES string of the molecule is CCCN(CCC)C(=O)CCC(=O)CCC(=O)OC. The van der Waals surface area contributed by atoms with Crippen molar-refractivity contribution in [2.45, 2.75) is 52.4 Å². The third-order valence-electron chi connectivity index (χ3n) is 2.79. The molecule has 0 saturated heterocycles. The van der Waals surface area contributed by atoms with Gasteiger partial charge < -0.3 is 9.64 Å². The zero-order valence-corrected chi connectivity index (χ0v) is 12.2. The third-order valence-corrected chi connectivity index (χ3v) is 2.79. The number of ether oxygens (including phenoxy) is 1. The van der Waals surface area contributed by atoms with E-state index >= 15 is 0 Å². The molecule has 1 amide bonds. The Morgan fingerprint density at radius 2 is 1.42 bits per heavy atom. The summed E-state index contributed by atoms with van der Waals surface area (Å²) in [6, 6.07) is 0. The van der Waals surface area contributed by atoms with Gasteiger partial charge in [-0.05, 0) is 12.8 Å². The molecule has 0 unspecified atom stereocenters. The second-order valence-corrected chi connectivity index (χ2v) is 4.50. The minimum Gasteiger partial charge on any atom is -0.469 e. The predicted molar refractivity (Wildman–Crippen MR) is 72.7 cm³/mol. The molecule has 0 rings (SSSR count).